The first-order valence-corrected chi connectivity index (χ1v) is 7.62. The summed E-state index contributed by atoms with van der Waals surface area (Å²) < 4.78 is 0. The Balaban J connectivity index is 2.30. The molecule has 0 amide bonds. The maximum absolute atomic E-state index is 6.16. The molecule has 0 spiro atoms. The Morgan fingerprint density at radius 3 is 2.67 bits per heavy atom. The average Bonchev–Trinajstić information content (AvgIpc) is 2.61. The lowest BCUT2D eigenvalue weighted by atomic mass is 9.91. The Labute approximate surface area is 116 Å². The molecule has 1 aromatic rings. The molecule has 0 fully saturated rings. The van der Waals surface area contributed by atoms with Crippen LogP contribution in [0.4, 0.5) is 5.69 Å². The number of benzene rings is 1. The molecule has 2 heteroatoms. The summed E-state index contributed by atoms with van der Waals surface area (Å²) in [6.07, 6.45) is 5.08. The second kappa shape index (κ2) is 5.97. The SMILES string of the molecule is CCCC[C@H]1c2ccc(Cl)cc2N(CCC)[C@H]1C. The highest BCUT2D eigenvalue weighted by Crippen LogP contribution is 2.44. The molecule has 0 radical (unpaired) electrons. The topological polar surface area (TPSA) is 3.24 Å². The van der Waals surface area contributed by atoms with E-state index in [2.05, 4.69) is 37.8 Å². The molecule has 1 heterocycles. The monoisotopic (exact) mass is 265 g/mol. The molecule has 0 unspecified atom stereocenters. The third-order valence-electron chi connectivity index (χ3n) is 4.11. The van der Waals surface area contributed by atoms with Gasteiger partial charge >= 0.3 is 0 Å². The maximum atomic E-state index is 6.16. The van der Waals surface area contributed by atoms with E-state index >= 15 is 0 Å². The van der Waals surface area contributed by atoms with E-state index in [-0.39, 0.29) is 0 Å². The lowest BCUT2D eigenvalue weighted by Crippen LogP contribution is -2.32. The van der Waals surface area contributed by atoms with E-state index in [1.54, 1.807) is 0 Å². The molecule has 0 aliphatic carbocycles. The van der Waals surface area contributed by atoms with Gasteiger partial charge in [0.05, 0.1) is 0 Å². The van der Waals surface area contributed by atoms with Gasteiger partial charge in [0.1, 0.15) is 0 Å². The molecule has 1 aromatic carbocycles. The van der Waals surface area contributed by atoms with Crippen LogP contribution in [0.1, 0.15) is 57.9 Å². The molecular weight excluding hydrogens is 242 g/mol. The number of hydrogen-bond donors (Lipinski definition) is 0. The van der Waals surface area contributed by atoms with Gasteiger partial charge in [0, 0.05) is 29.2 Å². The lowest BCUT2D eigenvalue weighted by Gasteiger charge is -2.27. The molecule has 1 nitrogen and oxygen atoms in total. The molecule has 0 aromatic heterocycles. The fraction of sp³-hybridized carbons (Fsp3) is 0.625. The molecule has 0 bridgehead atoms. The van der Waals surface area contributed by atoms with Crippen molar-refractivity contribution in [2.24, 2.45) is 0 Å². The molecule has 0 N–H and O–H groups in total. The highest BCUT2D eigenvalue weighted by atomic mass is 35.5. The van der Waals surface area contributed by atoms with Gasteiger partial charge in [-0.1, -0.05) is 44.4 Å². The van der Waals surface area contributed by atoms with E-state index in [1.807, 2.05) is 6.07 Å². The maximum Gasteiger partial charge on any atom is 0.0426 e. The first-order valence-electron chi connectivity index (χ1n) is 7.25. The highest BCUT2D eigenvalue weighted by molar-refractivity contribution is 6.30. The normalized spacial score (nSPS) is 22.3. The van der Waals surface area contributed by atoms with Gasteiger partial charge in [-0.05, 0) is 37.5 Å². The van der Waals surface area contributed by atoms with E-state index < -0.39 is 0 Å². The number of rotatable bonds is 5. The Kier molecular flexibility index (Phi) is 4.55. The van der Waals surface area contributed by atoms with Crippen molar-refractivity contribution in [1.29, 1.82) is 0 Å². The Bertz CT molecular complexity index is 402. The van der Waals surface area contributed by atoms with Crippen LogP contribution in [0.2, 0.25) is 5.02 Å². The van der Waals surface area contributed by atoms with Gasteiger partial charge in [0.25, 0.3) is 0 Å². The van der Waals surface area contributed by atoms with E-state index in [4.69, 9.17) is 11.6 Å². The smallest absolute Gasteiger partial charge is 0.0426 e. The van der Waals surface area contributed by atoms with Crippen molar-refractivity contribution < 1.29 is 0 Å². The fourth-order valence-corrected chi connectivity index (χ4v) is 3.33. The third-order valence-corrected chi connectivity index (χ3v) is 4.34. The molecule has 100 valence electrons. The average molecular weight is 266 g/mol. The van der Waals surface area contributed by atoms with Crippen LogP contribution in [0, 0.1) is 0 Å². The molecule has 1 aliphatic rings. The number of unbranched alkanes of at least 4 members (excludes halogenated alkanes) is 1. The van der Waals surface area contributed by atoms with Gasteiger partial charge in [-0.3, -0.25) is 0 Å². The summed E-state index contributed by atoms with van der Waals surface area (Å²) in [5, 5.41) is 0.859. The van der Waals surface area contributed by atoms with Crippen LogP contribution in [0.3, 0.4) is 0 Å². The van der Waals surface area contributed by atoms with Crippen LogP contribution in [0.15, 0.2) is 18.2 Å². The van der Waals surface area contributed by atoms with Crippen molar-refractivity contribution in [2.45, 2.75) is 58.4 Å². The van der Waals surface area contributed by atoms with Gasteiger partial charge in [0.2, 0.25) is 0 Å². The predicted octanol–water partition coefficient (Wildman–Crippen LogP) is 5.23. The van der Waals surface area contributed by atoms with Crippen molar-refractivity contribution in [3.8, 4) is 0 Å². The summed E-state index contributed by atoms with van der Waals surface area (Å²) in [6, 6.07) is 7.05. The fourth-order valence-electron chi connectivity index (χ4n) is 3.16. The standard InChI is InChI=1S/C16H24ClN/c1-4-6-7-14-12(3)18(10-5-2)16-11-13(17)8-9-15(14)16/h8-9,11-12,14H,4-7,10H2,1-3H3/t12-,14+/m0/s1. The predicted molar refractivity (Wildman–Crippen MR) is 80.8 cm³/mol. The molecule has 0 saturated heterocycles. The van der Waals surface area contributed by atoms with Crippen molar-refractivity contribution >= 4 is 17.3 Å². The highest BCUT2D eigenvalue weighted by Gasteiger charge is 2.34. The summed E-state index contributed by atoms with van der Waals surface area (Å²) in [4.78, 5) is 2.54. The Morgan fingerprint density at radius 1 is 1.22 bits per heavy atom. The van der Waals surface area contributed by atoms with Crippen molar-refractivity contribution in [3.63, 3.8) is 0 Å². The van der Waals surface area contributed by atoms with E-state index in [0.717, 1.165) is 11.6 Å². The van der Waals surface area contributed by atoms with Gasteiger partial charge in [-0.2, -0.15) is 0 Å². The number of anilines is 1. The number of hydrogen-bond acceptors (Lipinski definition) is 1. The van der Waals surface area contributed by atoms with E-state index in [0.29, 0.717) is 12.0 Å². The molecule has 1 aliphatic heterocycles. The van der Waals surface area contributed by atoms with Crippen molar-refractivity contribution in [3.05, 3.63) is 28.8 Å². The quantitative estimate of drug-likeness (QED) is 0.704. The number of nitrogens with zero attached hydrogens (tertiary/aromatic N) is 1. The summed E-state index contributed by atoms with van der Waals surface area (Å²) in [5.41, 5.74) is 2.88. The summed E-state index contributed by atoms with van der Waals surface area (Å²) >= 11 is 6.16. The zero-order chi connectivity index (χ0) is 13.1. The first-order chi connectivity index (χ1) is 8.69. The molecule has 0 saturated carbocycles. The largest absolute Gasteiger partial charge is 0.368 e. The Morgan fingerprint density at radius 2 is 2.00 bits per heavy atom. The van der Waals surface area contributed by atoms with E-state index in [1.165, 1.54) is 36.9 Å². The summed E-state index contributed by atoms with van der Waals surface area (Å²) in [5.74, 6) is 0.684. The minimum atomic E-state index is 0.616. The zero-order valence-electron chi connectivity index (χ0n) is 11.7. The second-order valence-electron chi connectivity index (χ2n) is 5.39. The van der Waals surface area contributed by atoms with Crippen molar-refractivity contribution in [2.75, 3.05) is 11.4 Å². The zero-order valence-corrected chi connectivity index (χ0v) is 12.5. The summed E-state index contributed by atoms with van der Waals surface area (Å²) in [6.45, 7) is 8.02. The molecular formula is C16H24ClN. The van der Waals surface area contributed by atoms with Gasteiger partial charge in [0.15, 0.2) is 0 Å². The van der Waals surface area contributed by atoms with Crippen LogP contribution in [-0.2, 0) is 0 Å². The van der Waals surface area contributed by atoms with Crippen LogP contribution in [-0.4, -0.2) is 12.6 Å². The number of fused-ring (bicyclic) bond motifs is 1. The minimum Gasteiger partial charge on any atom is -0.368 e. The van der Waals surface area contributed by atoms with Crippen LogP contribution in [0.25, 0.3) is 0 Å². The first kappa shape index (κ1) is 13.7. The second-order valence-corrected chi connectivity index (χ2v) is 5.82. The van der Waals surface area contributed by atoms with Gasteiger partial charge in [-0.25, -0.2) is 0 Å². The molecule has 2 atom stereocenters. The van der Waals surface area contributed by atoms with Crippen LogP contribution in [0.5, 0.6) is 0 Å². The van der Waals surface area contributed by atoms with Gasteiger partial charge < -0.3 is 4.90 Å². The van der Waals surface area contributed by atoms with Gasteiger partial charge in [-0.15, -0.1) is 0 Å². The third kappa shape index (κ3) is 2.51. The van der Waals surface area contributed by atoms with Crippen LogP contribution < -0.4 is 4.90 Å². The van der Waals surface area contributed by atoms with Crippen molar-refractivity contribution in [1.82, 2.24) is 0 Å². The number of halogens is 1. The lowest BCUT2D eigenvalue weighted by molar-refractivity contribution is 0.507. The van der Waals surface area contributed by atoms with Crippen LogP contribution >= 0.6 is 11.6 Å². The Hall–Kier alpha value is -0.690. The minimum absolute atomic E-state index is 0.616. The summed E-state index contributed by atoms with van der Waals surface area (Å²) in [7, 11) is 0. The molecule has 18 heavy (non-hydrogen) atoms. The molecule has 2 rings (SSSR count). The van der Waals surface area contributed by atoms with E-state index in [9.17, 15) is 0 Å².